The van der Waals surface area contributed by atoms with Crippen molar-refractivity contribution in [3.8, 4) is 0 Å². The monoisotopic (exact) mass is 352 g/mol. The topological polar surface area (TPSA) is 82.8 Å². The van der Waals surface area contributed by atoms with Crippen LogP contribution in [0.25, 0.3) is 6.08 Å². The predicted octanol–water partition coefficient (Wildman–Crippen LogP) is 2.30. The van der Waals surface area contributed by atoms with E-state index in [1.165, 1.54) is 0 Å². The molecule has 1 atom stereocenters. The first-order valence-corrected chi connectivity index (χ1v) is 8.71. The van der Waals surface area contributed by atoms with Gasteiger partial charge in [-0.3, -0.25) is 4.98 Å². The molecule has 0 saturated heterocycles. The predicted molar refractivity (Wildman–Crippen MR) is 103 cm³/mol. The number of H-pyrrole nitrogens is 2. The summed E-state index contributed by atoms with van der Waals surface area (Å²) in [5, 5.41) is 3.38. The van der Waals surface area contributed by atoms with Gasteiger partial charge in [0.2, 0.25) is 0 Å². The maximum Gasteiger partial charge on any atom is 0.323 e. The molecule has 1 aliphatic rings. The minimum absolute atomic E-state index is 0.151. The number of nitrogens with one attached hydrogen (secondary N) is 3. The van der Waals surface area contributed by atoms with Crippen LogP contribution >= 0.6 is 0 Å². The number of methoxy groups -OCH3 is 1. The summed E-state index contributed by atoms with van der Waals surface area (Å²) >= 11 is 0. The number of hydrogen-bond donors (Lipinski definition) is 3. The standard InChI is InChI=1S/C20H24N4O2/c1-26-9-5-3-2-4-8-21-12-15-10-17(14-22-13-15)16-6-7-18-19(11-16)24-20(25)23-18/h2-7,10,13-14,16,21H,8-9,11-12H2,1H3,(H2,23,24,25)/b4-2-,5-3-. The van der Waals surface area contributed by atoms with Crippen LogP contribution in [0, 0.1) is 0 Å². The largest absolute Gasteiger partial charge is 0.381 e. The first-order valence-electron chi connectivity index (χ1n) is 8.71. The van der Waals surface area contributed by atoms with Gasteiger partial charge in [0.1, 0.15) is 0 Å². The van der Waals surface area contributed by atoms with Gasteiger partial charge >= 0.3 is 5.69 Å². The summed E-state index contributed by atoms with van der Waals surface area (Å²) in [5.74, 6) is 0.229. The van der Waals surface area contributed by atoms with Gasteiger partial charge in [-0.05, 0) is 17.2 Å². The Morgan fingerprint density at radius 3 is 3.08 bits per heavy atom. The fourth-order valence-electron chi connectivity index (χ4n) is 2.95. The van der Waals surface area contributed by atoms with Crippen molar-refractivity contribution in [2.24, 2.45) is 0 Å². The van der Waals surface area contributed by atoms with Crippen LogP contribution in [-0.2, 0) is 17.7 Å². The molecule has 26 heavy (non-hydrogen) atoms. The van der Waals surface area contributed by atoms with Crippen molar-refractivity contribution < 1.29 is 4.74 Å². The summed E-state index contributed by atoms with van der Waals surface area (Å²) < 4.78 is 4.94. The van der Waals surface area contributed by atoms with Gasteiger partial charge < -0.3 is 20.0 Å². The summed E-state index contributed by atoms with van der Waals surface area (Å²) in [6.45, 7) is 2.18. The van der Waals surface area contributed by atoms with Crippen LogP contribution in [0.4, 0.5) is 0 Å². The molecule has 0 radical (unpaired) electrons. The highest BCUT2D eigenvalue weighted by Gasteiger charge is 2.18. The normalized spacial score (nSPS) is 16.6. The lowest BCUT2D eigenvalue weighted by atomic mass is 9.90. The van der Waals surface area contributed by atoms with Crippen molar-refractivity contribution in [1.82, 2.24) is 20.3 Å². The molecule has 3 N–H and O–H groups in total. The van der Waals surface area contributed by atoms with E-state index >= 15 is 0 Å². The Morgan fingerprint density at radius 1 is 1.31 bits per heavy atom. The van der Waals surface area contributed by atoms with Crippen LogP contribution in [0.15, 0.2) is 53.6 Å². The smallest absolute Gasteiger partial charge is 0.323 e. The van der Waals surface area contributed by atoms with Gasteiger partial charge in [-0.25, -0.2) is 4.79 Å². The van der Waals surface area contributed by atoms with Crippen LogP contribution in [0.5, 0.6) is 0 Å². The Balaban J connectivity index is 1.53. The van der Waals surface area contributed by atoms with Gasteiger partial charge in [0.05, 0.1) is 12.3 Å². The Morgan fingerprint density at radius 2 is 2.19 bits per heavy atom. The van der Waals surface area contributed by atoms with Crippen LogP contribution < -0.4 is 11.0 Å². The zero-order valence-electron chi connectivity index (χ0n) is 14.9. The summed E-state index contributed by atoms with van der Waals surface area (Å²) in [5.41, 5.74) is 3.99. The third kappa shape index (κ3) is 4.91. The maximum absolute atomic E-state index is 11.4. The number of allylic oxidation sites excluding steroid dienone is 3. The molecule has 1 aliphatic carbocycles. The molecular weight excluding hydrogens is 328 g/mol. The lowest BCUT2D eigenvalue weighted by molar-refractivity contribution is 0.234. The van der Waals surface area contributed by atoms with Crippen molar-refractivity contribution in [3.05, 3.63) is 81.8 Å². The fraction of sp³-hybridized carbons (Fsp3) is 0.300. The number of ether oxygens (including phenoxy) is 1. The molecule has 0 bridgehead atoms. The Hall–Kier alpha value is -2.70. The summed E-state index contributed by atoms with van der Waals surface area (Å²) in [4.78, 5) is 21.4. The number of aromatic nitrogens is 3. The number of rotatable bonds is 8. The van der Waals surface area contributed by atoms with E-state index in [0.29, 0.717) is 6.61 Å². The second kappa shape index (κ2) is 9.12. The molecule has 2 aromatic rings. The van der Waals surface area contributed by atoms with E-state index in [-0.39, 0.29) is 11.6 Å². The molecule has 0 fully saturated rings. The van der Waals surface area contributed by atoms with E-state index in [1.54, 1.807) is 7.11 Å². The Bertz CT molecular complexity index is 861. The van der Waals surface area contributed by atoms with Crippen molar-refractivity contribution in [3.63, 3.8) is 0 Å². The zero-order valence-corrected chi connectivity index (χ0v) is 14.9. The first kappa shape index (κ1) is 18.1. The first-order chi connectivity index (χ1) is 12.8. The second-order valence-electron chi connectivity index (χ2n) is 6.21. The molecule has 0 aromatic carbocycles. The minimum atomic E-state index is -0.151. The third-order valence-electron chi connectivity index (χ3n) is 4.24. The highest BCUT2D eigenvalue weighted by molar-refractivity contribution is 5.53. The number of aromatic amines is 2. The number of fused-ring (bicyclic) bond motifs is 1. The average Bonchev–Trinajstić information content (AvgIpc) is 3.03. The van der Waals surface area contributed by atoms with E-state index in [2.05, 4.69) is 38.5 Å². The molecule has 0 amide bonds. The highest BCUT2D eigenvalue weighted by atomic mass is 16.5. The molecule has 2 aromatic heterocycles. The van der Waals surface area contributed by atoms with Gasteiger partial charge in [-0.2, -0.15) is 0 Å². The number of nitrogens with zero attached hydrogens (tertiary/aromatic N) is 1. The van der Waals surface area contributed by atoms with Crippen molar-refractivity contribution in [1.29, 1.82) is 0 Å². The molecule has 136 valence electrons. The summed E-state index contributed by atoms with van der Waals surface area (Å²) in [6.07, 6.45) is 16.7. The SMILES string of the molecule is COC/C=C\C=C/CNCc1cncc(C2C=Cc3[nH]c(=O)[nH]c3C2)c1. The number of imidazole rings is 1. The molecule has 6 nitrogen and oxygen atoms in total. The van der Waals surface area contributed by atoms with Gasteiger partial charge in [0, 0.05) is 50.6 Å². The van der Waals surface area contributed by atoms with Gasteiger partial charge in [0.15, 0.2) is 0 Å². The van der Waals surface area contributed by atoms with Crippen molar-refractivity contribution in [2.45, 2.75) is 18.9 Å². The second-order valence-corrected chi connectivity index (χ2v) is 6.21. The summed E-state index contributed by atoms with van der Waals surface area (Å²) in [7, 11) is 1.68. The minimum Gasteiger partial charge on any atom is -0.381 e. The third-order valence-corrected chi connectivity index (χ3v) is 4.24. The molecule has 6 heteroatoms. The Labute approximate surface area is 152 Å². The van der Waals surface area contributed by atoms with Gasteiger partial charge in [0.25, 0.3) is 0 Å². The molecular formula is C20H24N4O2. The van der Waals surface area contributed by atoms with Gasteiger partial charge in [-0.1, -0.05) is 36.4 Å². The van der Waals surface area contributed by atoms with Crippen LogP contribution in [-0.4, -0.2) is 35.2 Å². The molecule has 2 heterocycles. The van der Waals surface area contributed by atoms with Crippen molar-refractivity contribution >= 4 is 6.08 Å². The van der Waals surface area contributed by atoms with Gasteiger partial charge in [-0.15, -0.1) is 0 Å². The lowest BCUT2D eigenvalue weighted by Gasteiger charge is -2.17. The molecule has 0 spiro atoms. The molecule has 0 saturated carbocycles. The Kier molecular flexibility index (Phi) is 6.35. The lowest BCUT2D eigenvalue weighted by Crippen LogP contribution is -2.14. The van der Waals surface area contributed by atoms with E-state index < -0.39 is 0 Å². The molecule has 3 rings (SSSR count). The number of hydrogen-bond acceptors (Lipinski definition) is 4. The van der Waals surface area contributed by atoms with Crippen LogP contribution in [0.2, 0.25) is 0 Å². The van der Waals surface area contributed by atoms with Crippen molar-refractivity contribution in [2.75, 3.05) is 20.3 Å². The van der Waals surface area contributed by atoms with E-state index in [4.69, 9.17) is 4.74 Å². The van der Waals surface area contributed by atoms with E-state index in [0.717, 1.165) is 42.0 Å². The van der Waals surface area contributed by atoms with Crippen LogP contribution in [0.3, 0.4) is 0 Å². The summed E-state index contributed by atoms with van der Waals surface area (Å²) in [6, 6.07) is 2.17. The maximum atomic E-state index is 11.4. The number of pyridine rings is 1. The van der Waals surface area contributed by atoms with E-state index in [9.17, 15) is 4.79 Å². The fourth-order valence-corrected chi connectivity index (χ4v) is 2.95. The average molecular weight is 352 g/mol. The van der Waals surface area contributed by atoms with E-state index in [1.807, 2.05) is 36.7 Å². The van der Waals surface area contributed by atoms with Crippen LogP contribution in [0.1, 0.15) is 28.4 Å². The highest BCUT2D eigenvalue weighted by Crippen LogP contribution is 2.27. The molecule has 0 aliphatic heterocycles. The quantitative estimate of drug-likeness (QED) is 0.503. The molecule has 1 unspecified atom stereocenters. The zero-order chi connectivity index (χ0) is 18.2.